The van der Waals surface area contributed by atoms with Gasteiger partial charge in [-0.2, -0.15) is 0 Å². The van der Waals surface area contributed by atoms with Crippen LogP contribution in [-0.2, 0) is 11.2 Å². The summed E-state index contributed by atoms with van der Waals surface area (Å²) in [6.07, 6.45) is 3.80. The van der Waals surface area contributed by atoms with Gasteiger partial charge in [-0.15, -0.1) is 11.3 Å². The third kappa shape index (κ3) is 4.16. The third-order valence-corrected chi connectivity index (χ3v) is 4.74. The van der Waals surface area contributed by atoms with Gasteiger partial charge in [0.05, 0.1) is 18.1 Å². The fraction of sp³-hybridized carbons (Fsp3) is 0.353. The van der Waals surface area contributed by atoms with Gasteiger partial charge in [-0.05, 0) is 18.4 Å². The molecule has 2 aromatic rings. The standard InChI is InChI=1S/C17H19N3O2S/c21-16(9-13-5-2-1-3-6-13)20-8-4-7-14(11-20)19-17(22)15-10-18-12-23-15/h1-3,5-6,10,12,14H,4,7-9,11H2,(H,19,22)/t14-/m1/s1. The molecule has 0 saturated carbocycles. The van der Waals surface area contributed by atoms with Crippen LogP contribution in [0.4, 0.5) is 0 Å². The number of carbonyl (C=O) groups is 2. The van der Waals surface area contributed by atoms with Gasteiger partial charge in [-0.3, -0.25) is 14.6 Å². The molecule has 1 saturated heterocycles. The smallest absolute Gasteiger partial charge is 0.263 e. The number of aromatic nitrogens is 1. The van der Waals surface area contributed by atoms with E-state index >= 15 is 0 Å². The number of hydrogen-bond acceptors (Lipinski definition) is 4. The maximum atomic E-state index is 12.4. The Morgan fingerprint density at radius 3 is 2.87 bits per heavy atom. The predicted molar refractivity (Wildman–Crippen MR) is 89.3 cm³/mol. The molecule has 3 rings (SSSR count). The molecule has 1 aliphatic heterocycles. The minimum atomic E-state index is -0.102. The van der Waals surface area contributed by atoms with Crippen LogP contribution in [0.5, 0.6) is 0 Å². The first kappa shape index (κ1) is 15.7. The molecule has 2 amide bonds. The molecule has 0 unspecified atom stereocenters. The van der Waals surface area contributed by atoms with Gasteiger partial charge in [-0.25, -0.2) is 0 Å². The van der Waals surface area contributed by atoms with Crippen LogP contribution in [0.15, 0.2) is 42.0 Å². The number of nitrogens with one attached hydrogen (secondary N) is 1. The van der Waals surface area contributed by atoms with Crippen molar-refractivity contribution in [3.63, 3.8) is 0 Å². The molecule has 0 aliphatic carbocycles. The number of likely N-dealkylation sites (tertiary alicyclic amines) is 1. The second-order valence-electron chi connectivity index (χ2n) is 5.68. The van der Waals surface area contributed by atoms with E-state index in [9.17, 15) is 9.59 Å². The molecule has 1 N–H and O–H groups in total. The van der Waals surface area contributed by atoms with Crippen molar-refractivity contribution in [2.24, 2.45) is 0 Å². The molecule has 0 spiro atoms. The number of nitrogens with zero attached hydrogens (tertiary/aromatic N) is 2. The van der Waals surface area contributed by atoms with Gasteiger partial charge >= 0.3 is 0 Å². The van der Waals surface area contributed by atoms with Crippen LogP contribution < -0.4 is 5.32 Å². The highest BCUT2D eigenvalue weighted by molar-refractivity contribution is 7.11. The maximum Gasteiger partial charge on any atom is 0.263 e. The zero-order valence-corrected chi connectivity index (χ0v) is 13.6. The molecule has 2 heterocycles. The largest absolute Gasteiger partial charge is 0.347 e. The Morgan fingerprint density at radius 1 is 1.30 bits per heavy atom. The lowest BCUT2D eigenvalue weighted by Crippen LogP contribution is -2.49. The fourth-order valence-electron chi connectivity index (χ4n) is 2.79. The average molecular weight is 329 g/mol. The molecular weight excluding hydrogens is 310 g/mol. The van der Waals surface area contributed by atoms with E-state index in [0.717, 1.165) is 24.9 Å². The van der Waals surface area contributed by atoms with Crippen LogP contribution in [0, 0.1) is 0 Å². The SMILES string of the molecule is O=C(N[C@@H]1CCCN(C(=O)Cc2ccccc2)C1)c1cncs1. The second kappa shape index (κ2) is 7.37. The summed E-state index contributed by atoms with van der Waals surface area (Å²) < 4.78 is 0. The topological polar surface area (TPSA) is 62.3 Å². The maximum absolute atomic E-state index is 12.4. The quantitative estimate of drug-likeness (QED) is 0.934. The van der Waals surface area contributed by atoms with Gasteiger partial charge in [-0.1, -0.05) is 30.3 Å². The van der Waals surface area contributed by atoms with Gasteiger partial charge in [0, 0.05) is 19.1 Å². The summed E-state index contributed by atoms with van der Waals surface area (Å²) >= 11 is 1.32. The lowest BCUT2D eigenvalue weighted by atomic mass is 10.0. The number of thiazole rings is 1. The molecule has 5 nitrogen and oxygen atoms in total. The van der Waals surface area contributed by atoms with E-state index in [2.05, 4.69) is 10.3 Å². The van der Waals surface area contributed by atoms with E-state index in [4.69, 9.17) is 0 Å². The molecule has 6 heteroatoms. The number of rotatable bonds is 4. The van der Waals surface area contributed by atoms with Gasteiger partial charge in [0.25, 0.3) is 5.91 Å². The van der Waals surface area contributed by atoms with Crippen molar-refractivity contribution in [2.45, 2.75) is 25.3 Å². The molecule has 1 aromatic carbocycles. The number of carbonyl (C=O) groups excluding carboxylic acids is 2. The van der Waals surface area contributed by atoms with Gasteiger partial charge in [0.15, 0.2) is 0 Å². The Kier molecular flexibility index (Phi) is 5.02. The summed E-state index contributed by atoms with van der Waals surface area (Å²) in [7, 11) is 0. The van der Waals surface area contributed by atoms with Crippen molar-refractivity contribution in [3.8, 4) is 0 Å². The summed E-state index contributed by atoms with van der Waals surface area (Å²) in [5, 5.41) is 3.01. The monoisotopic (exact) mass is 329 g/mol. The van der Waals surface area contributed by atoms with Crippen molar-refractivity contribution >= 4 is 23.2 Å². The Labute approximate surface area is 139 Å². The second-order valence-corrected chi connectivity index (χ2v) is 6.57. The number of hydrogen-bond donors (Lipinski definition) is 1. The van der Waals surface area contributed by atoms with Crippen molar-refractivity contribution in [3.05, 3.63) is 52.5 Å². The first-order valence-electron chi connectivity index (χ1n) is 7.73. The zero-order valence-electron chi connectivity index (χ0n) is 12.8. The zero-order chi connectivity index (χ0) is 16.1. The van der Waals surface area contributed by atoms with Crippen LogP contribution in [0.1, 0.15) is 28.1 Å². The molecule has 23 heavy (non-hydrogen) atoms. The van der Waals surface area contributed by atoms with E-state index in [0.29, 0.717) is 17.8 Å². The van der Waals surface area contributed by atoms with E-state index in [-0.39, 0.29) is 17.9 Å². The van der Waals surface area contributed by atoms with Crippen LogP contribution >= 0.6 is 11.3 Å². The Bertz CT molecular complexity index is 658. The Hall–Kier alpha value is -2.21. The highest BCUT2D eigenvalue weighted by Crippen LogP contribution is 2.14. The van der Waals surface area contributed by atoms with Gasteiger partial charge < -0.3 is 10.2 Å². The first-order chi connectivity index (χ1) is 11.2. The highest BCUT2D eigenvalue weighted by atomic mass is 32.1. The minimum absolute atomic E-state index is 0.0121. The van der Waals surface area contributed by atoms with E-state index in [1.54, 1.807) is 11.7 Å². The molecule has 1 atom stereocenters. The first-order valence-corrected chi connectivity index (χ1v) is 8.61. The summed E-state index contributed by atoms with van der Waals surface area (Å²) in [6, 6.07) is 9.77. The predicted octanol–water partition coefficient (Wildman–Crippen LogP) is 2.11. The molecular formula is C17H19N3O2S. The Morgan fingerprint density at radius 2 is 2.13 bits per heavy atom. The van der Waals surface area contributed by atoms with Crippen molar-refractivity contribution in [1.82, 2.24) is 15.2 Å². The fourth-order valence-corrected chi connectivity index (χ4v) is 3.31. The van der Waals surface area contributed by atoms with E-state index < -0.39 is 0 Å². The number of piperidine rings is 1. The van der Waals surface area contributed by atoms with Crippen LogP contribution in [0.3, 0.4) is 0 Å². The summed E-state index contributed by atoms with van der Waals surface area (Å²) in [4.78, 5) is 30.9. The van der Waals surface area contributed by atoms with Crippen LogP contribution in [0.25, 0.3) is 0 Å². The van der Waals surface area contributed by atoms with E-state index in [1.165, 1.54) is 11.3 Å². The highest BCUT2D eigenvalue weighted by Gasteiger charge is 2.25. The number of amides is 2. The lowest BCUT2D eigenvalue weighted by molar-refractivity contribution is -0.131. The van der Waals surface area contributed by atoms with Crippen molar-refractivity contribution in [2.75, 3.05) is 13.1 Å². The molecule has 0 bridgehead atoms. The third-order valence-electron chi connectivity index (χ3n) is 3.96. The van der Waals surface area contributed by atoms with Crippen molar-refractivity contribution in [1.29, 1.82) is 0 Å². The lowest BCUT2D eigenvalue weighted by Gasteiger charge is -2.33. The van der Waals surface area contributed by atoms with Crippen LogP contribution in [0.2, 0.25) is 0 Å². The summed E-state index contributed by atoms with van der Waals surface area (Å²) in [5.74, 6) is 0.0165. The van der Waals surface area contributed by atoms with Gasteiger partial charge in [0.1, 0.15) is 4.88 Å². The minimum Gasteiger partial charge on any atom is -0.347 e. The number of benzene rings is 1. The molecule has 0 radical (unpaired) electrons. The summed E-state index contributed by atoms with van der Waals surface area (Å²) in [5.41, 5.74) is 2.67. The average Bonchev–Trinajstić information content (AvgIpc) is 3.11. The molecule has 120 valence electrons. The van der Waals surface area contributed by atoms with Crippen molar-refractivity contribution < 1.29 is 9.59 Å². The summed E-state index contributed by atoms with van der Waals surface area (Å²) in [6.45, 7) is 1.34. The molecule has 1 aromatic heterocycles. The van der Waals surface area contributed by atoms with Crippen LogP contribution in [-0.4, -0.2) is 40.8 Å². The van der Waals surface area contributed by atoms with Gasteiger partial charge in [0.2, 0.25) is 5.91 Å². The van der Waals surface area contributed by atoms with E-state index in [1.807, 2.05) is 35.2 Å². The normalized spacial score (nSPS) is 17.7. The molecule has 1 fully saturated rings. The Balaban J connectivity index is 1.55. The molecule has 1 aliphatic rings.